The van der Waals surface area contributed by atoms with Crippen LogP contribution in [0.15, 0.2) is 70.4 Å². The van der Waals surface area contributed by atoms with Gasteiger partial charge in [0, 0.05) is 12.0 Å². The van der Waals surface area contributed by atoms with Gasteiger partial charge in [-0.05, 0) is 55.0 Å². The Hall–Kier alpha value is -3.41. The van der Waals surface area contributed by atoms with Gasteiger partial charge in [-0.3, -0.25) is 0 Å². The highest BCUT2D eigenvalue weighted by molar-refractivity contribution is 6.02. The molecule has 0 saturated carbocycles. The molecule has 2 atom stereocenters. The Balaban J connectivity index is 1.54. The summed E-state index contributed by atoms with van der Waals surface area (Å²) >= 11 is 0. The average Bonchev–Trinajstić information content (AvgIpc) is 3.44. The zero-order valence-electron chi connectivity index (χ0n) is 16.4. The van der Waals surface area contributed by atoms with Crippen LogP contribution < -0.4 is 14.2 Å². The van der Waals surface area contributed by atoms with E-state index in [2.05, 4.69) is 18.2 Å². The number of rotatable bonds is 5. The molecule has 0 bridgehead atoms. The van der Waals surface area contributed by atoms with E-state index in [-0.39, 0.29) is 6.04 Å². The highest BCUT2D eigenvalue weighted by Gasteiger charge is 2.43. The largest absolute Gasteiger partial charge is 0.494 e. The molecule has 3 aromatic rings. The number of methoxy groups -OCH3 is 1. The molecule has 1 aromatic heterocycles. The lowest BCUT2D eigenvalue weighted by Gasteiger charge is -2.37. The van der Waals surface area contributed by atoms with Gasteiger partial charge in [-0.1, -0.05) is 12.1 Å². The molecule has 0 aliphatic carbocycles. The number of hydrogen-bond donors (Lipinski definition) is 0. The van der Waals surface area contributed by atoms with Crippen LogP contribution in [0.3, 0.4) is 0 Å². The number of furan rings is 1. The number of para-hydroxylation sites is 1. The maximum absolute atomic E-state index is 6.33. The number of ether oxygens (including phenoxy) is 3. The minimum absolute atomic E-state index is 0.0468. The van der Waals surface area contributed by atoms with Crippen LogP contribution in [0.4, 0.5) is 0 Å². The summed E-state index contributed by atoms with van der Waals surface area (Å²) in [4.78, 5) is 0. The van der Waals surface area contributed by atoms with Gasteiger partial charge >= 0.3 is 0 Å². The second-order valence-electron chi connectivity index (χ2n) is 6.97. The molecule has 2 aliphatic heterocycles. The van der Waals surface area contributed by atoms with E-state index in [1.165, 1.54) is 0 Å². The zero-order chi connectivity index (χ0) is 19.8. The standard InChI is InChI=1S/C23H22N2O4/c1-3-27-16-11-9-15(10-12-16)18-14-19-17-6-4-7-20(26-2)22(17)29-23(25(19)24-18)21-8-5-13-28-21/h4-13,19,23H,3,14H2,1-2H3/t19-,23+/m1/s1. The number of hydrazone groups is 1. The van der Waals surface area contributed by atoms with Crippen molar-refractivity contribution in [3.05, 3.63) is 77.7 Å². The van der Waals surface area contributed by atoms with Crippen LogP contribution in [-0.4, -0.2) is 24.4 Å². The molecule has 0 radical (unpaired) electrons. The molecular weight excluding hydrogens is 368 g/mol. The van der Waals surface area contributed by atoms with Crippen molar-refractivity contribution in [2.24, 2.45) is 5.10 Å². The van der Waals surface area contributed by atoms with E-state index < -0.39 is 6.23 Å². The predicted molar refractivity (Wildman–Crippen MR) is 108 cm³/mol. The van der Waals surface area contributed by atoms with Crippen LogP contribution in [0, 0.1) is 0 Å². The molecule has 29 heavy (non-hydrogen) atoms. The average molecular weight is 390 g/mol. The summed E-state index contributed by atoms with van der Waals surface area (Å²) in [6.07, 6.45) is 1.98. The normalized spacial score (nSPS) is 19.8. The molecule has 6 heteroatoms. The predicted octanol–water partition coefficient (Wildman–Crippen LogP) is 4.93. The van der Waals surface area contributed by atoms with Gasteiger partial charge in [0.15, 0.2) is 17.3 Å². The molecular formula is C23H22N2O4. The quantitative estimate of drug-likeness (QED) is 0.618. The number of hydrogen-bond acceptors (Lipinski definition) is 6. The zero-order valence-corrected chi connectivity index (χ0v) is 16.4. The smallest absolute Gasteiger partial charge is 0.246 e. The summed E-state index contributed by atoms with van der Waals surface area (Å²) in [7, 11) is 1.66. The molecule has 0 spiro atoms. The lowest BCUT2D eigenvalue weighted by atomic mass is 9.96. The molecule has 0 fully saturated rings. The number of nitrogens with zero attached hydrogens (tertiary/aromatic N) is 2. The topological polar surface area (TPSA) is 56.4 Å². The highest BCUT2D eigenvalue weighted by atomic mass is 16.5. The first kappa shape index (κ1) is 17.7. The Labute approximate surface area is 169 Å². The molecule has 6 nitrogen and oxygen atoms in total. The molecule has 2 aromatic carbocycles. The third-order valence-corrected chi connectivity index (χ3v) is 5.29. The van der Waals surface area contributed by atoms with Gasteiger partial charge in [0.1, 0.15) is 5.75 Å². The summed E-state index contributed by atoms with van der Waals surface area (Å²) in [6.45, 7) is 2.63. The third kappa shape index (κ3) is 3.01. The van der Waals surface area contributed by atoms with Crippen molar-refractivity contribution < 1.29 is 18.6 Å². The lowest BCUT2D eigenvalue weighted by molar-refractivity contribution is -0.0342. The van der Waals surface area contributed by atoms with Crippen LogP contribution in [-0.2, 0) is 0 Å². The van der Waals surface area contributed by atoms with Crippen molar-refractivity contribution in [1.82, 2.24) is 5.01 Å². The first-order valence-corrected chi connectivity index (χ1v) is 9.74. The molecule has 0 saturated heterocycles. The van der Waals surface area contributed by atoms with Gasteiger partial charge in [0.05, 0.1) is 31.7 Å². The van der Waals surface area contributed by atoms with Gasteiger partial charge in [0.25, 0.3) is 0 Å². The second kappa shape index (κ2) is 7.20. The molecule has 2 aliphatic rings. The van der Waals surface area contributed by atoms with E-state index in [1.54, 1.807) is 13.4 Å². The van der Waals surface area contributed by atoms with E-state index in [4.69, 9.17) is 23.7 Å². The Kier molecular flexibility index (Phi) is 4.39. The fourth-order valence-electron chi connectivity index (χ4n) is 3.95. The third-order valence-electron chi connectivity index (χ3n) is 5.29. The van der Waals surface area contributed by atoms with Crippen molar-refractivity contribution in [1.29, 1.82) is 0 Å². The summed E-state index contributed by atoms with van der Waals surface area (Å²) in [5.74, 6) is 3.04. The van der Waals surface area contributed by atoms with E-state index in [0.29, 0.717) is 18.1 Å². The monoisotopic (exact) mass is 390 g/mol. The van der Waals surface area contributed by atoms with E-state index in [9.17, 15) is 0 Å². The van der Waals surface area contributed by atoms with Crippen molar-refractivity contribution in [2.45, 2.75) is 25.6 Å². The number of fused-ring (bicyclic) bond motifs is 3. The van der Waals surface area contributed by atoms with Crippen LogP contribution in [0.2, 0.25) is 0 Å². The summed E-state index contributed by atoms with van der Waals surface area (Å²) < 4.78 is 23.1. The maximum Gasteiger partial charge on any atom is 0.246 e. The first-order chi connectivity index (χ1) is 14.3. The molecule has 3 heterocycles. The van der Waals surface area contributed by atoms with Gasteiger partial charge in [-0.25, -0.2) is 5.01 Å². The number of benzene rings is 2. The minimum atomic E-state index is -0.445. The van der Waals surface area contributed by atoms with Gasteiger partial charge < -0.3 is 18.6 Å². The lowest BCUT2D eigenvalue weighted by Crippen LogP contribution is -2.33. The molecule has 148 valence electrons. The maximum atomic E-state index is 6.33. The summed E-state index contributed by atoms with van der Waals surface area (Å²) in [5.41, 5.74) is 3.15. The van der Waals surface area contributed by atoms with Crippen LogP contribution in [0.1, 0.15) is 42.5 Å². The molecule has 5 rings (SSSR count). The van der Waals surface area contributed by atoms with E-state index in [1.807, 2.05) is 48.3 Å². The Bertz CT molecular complexity index is 1030. The van der Waals surface area contributed by atoms with Crippen LogP contribution in [0.25, 0.3) is 0 Å². The Morgan fingerprint density at radius 1 is 1.10 bits per heavy atom. The molecule has 0 amide bonds. The van der Waals surface area contributed by atoms with Crippen molar-refractivity contribution >= 4 is 5.71 Å². The fourth-order valence-corrected chi connectivity index (χ4v) is 3.95. The van der Waals surface area contributed by atoms with E-state index in [0.717, 1.165) is 34.8 Å². The Morgan fingerprint density at radius 2 is 1.97 bits per heavy atom. The second-order valence-corrected chi connectivity index (χ2v) is 6.97. The van der Waals surface area contributed by atoms with E-state index >= 15 is 0 Å². The van der Waals surface area contributed by atoms with Gasteiger partial charge in [-0.2, -0.15) is 5.10 Å². The van der Waals surface area contributed by atoms with Gasteiger partial charge in [0.2, 0.25) is 6.23 Å². The van der Waals surface area contributed by atoms with Crippen molar-refractivity contribution in [2.75, 3.05) is 13.7 Å². The SMILES string of the molecule is CCOc1ccc(C2=NN3[C@H](C2)c2cccc(OC)c2O[C@H]3c2ccco2)cc1. The van der Waals surface area contributed by atoms with Crippen molar-refractivity contribution in [3.8, 4) is 17.2 Å². The minimum Gasteiger partial charge on any atom is -0.494 e. The Morgan fingerprint density at radius 3 is 2.69 bits per heavy atom. The highest BCUT2D eigenvalue weighted by Crippen LogP contribution is 2.50. The summed E-state index contributed by atoms with van der Waals surface area (Å²) in [5, 5.41) is 6.92. The molecule has 0 unspecified atom stereocenters. The van der Waals surface area contributed by atoms with Gasteiger partial charge in [-0.15, -0.1) is 0 Å². The van der Waals surface area contributed by atoms with Crippen LogP contribution >= 0.6 is 0 Å². The molecule has 0 N–H and O–H groups in total. The fraction of sp³-hybridized carbons (Fsp3) is 0.261. The summed E-state index contributed by atoms with van der Waals surface area (Å²) in [6, 6.07) is 17.9. The first-order valence-electron chi connectivity index (χ1n) is 9.74. The van der Waals surface area contributed by atoms with Crippen LogP contribution in [0.5, 0.6) is 17.2 Å². The van der Waals surface area contributed by atoms with Crippen molar-refractivity contribution in [3.63, 3.8) is 0 Å².